The Labute approximate surface area is 75.9 Å². The Morgan fingerprint density at radius 2 is 1.77 bits per heavy atom. The van der Waals surface area contributed by atoms with Crippen molar-refractivity contribution >= 4 is 6.21 Å². The summed E-state index contributed by atoms with van der Waals surface area (Å²) in [6.45, 7) is 0. The van der Waals surface area contributed by atoms with Gasteiger partial charge in [-0.05, 0) is 5.56 Å². The van der Waals surface area contributed by atoms with Crippen molar-refractivity contribution in [1.29, 1.82) is 10.5 Å². The fourth-order valence-corrected chi connectivity index (χ4v) is 0.738. The highest BCUT2D eigenvalue weighted by Gasteiger charge is 1.91. The Bertz CT molecular complexity index is 355. The summed E-state index contributed by atoms with van der Waals surface area (Å²) in [5.41, 5.74) is 0.845. The molecule has 0 heterocycles. The number of hydrazone groups is 1. The molecule has 0 fully saturated rings. The minimum absolute atomic E-state index is 0.632. The van der Waals surface area contributed by atoms with E-state index in [0.29, 0.717) is 5.01 Å². The molecule has 0 atom stereocenters. The van der Waals surface area contributed by atoms with Crippen LogP contribution in [0.3, 0.4) is 0 Å². The zero-order chi connectivity index (χ0) is 9.52. The van der Waals surface area contributed by atoms with Crippen molar-refractivity contribution in [3.8, 4) is 12.4 Å². The molecule has 4 nitrogen and oxygen atoms in total. The van der Waals surface area contributed by atoms with Crippen LogP contribution in [0, 0.1) is 22.9 Å². The first kappa shape index (κ1) is 8.76. The Balaban J connectivity index is 2.71. The van der Waals surface area contributed by atoms with Crippen molar-refractivity contribution in [1.82, 2.24) is 5.01 Å². The van der Waals surface area contributed by atoms with Gasteiger partial charge in [-0.2, -0.15) is 15.6 Å². The summed E-state index contributed by atoms with van der Waals surface area (Å²) in [6, 6.07) is 9.24. The van der Waals surface area contributed by atoms with E-state index >= 15 is 0 Å². The molecule has 0 bridgehead atoms. The summed E-state index contributed by atoms with van der Waals surface area (Å²) in [5, 5.41) is 20.9. The molecule has 13 heavy (non-hydrogen) atoms. The maximum Gasteiger partial charge on any atom is 0.217 e. The molecule has 4 heteroatoms. The number of nitriles is 2. The molecule has 1 rings (SSSR count). The van der Waals surface area contributed by atoms with Gasteiger partial charge in [0.25, 0.3) is 0 Å². The van der Waals surface area contributed by atoms with E-state index in [-0.39, 0.29) is 0 Å². The van der Waals surface area contributed by atoms with Crippen LogP contribution in [0.1, 0.15) is 5.56 Å². The van der Waals surface area contributed by atoms with Gasteiger partial charge < -0.3 is 0 Å². The number of hydrogen-bond donors (Lipinski definition) is 0. The lowest BCUT2D eigenvalue weighted by Crippen LogP contribution is -2.00. The average molecular weight is 170 g/mol. The zero-order valence-corrected chi connectivity index (χ0v) is 6.75. The largest absolute Gasteiger partial charge is 0.217 e. The predicted molar refractivity (Wildman–Crippen MR) is 47.1 cm³/mol. The summed E-state index contributed by atoms with van der Waals surface area (Å²) < 4.78 is 0. The maximum absolute atomic E-state index is 8.34. The Kier molecular flexibility index (Phi) is 3.05. The third-order valence-electron chi connectivity index (χ3n) is 1.31. The van der Waals surface area contributed by atoms with Gasteiger partial charge in [-0.15, -0.1) is 0 Å². The van der Waals surface area contributed by atoms with Crippen LogP contribution in [0.25, 0.3) is 0 Å². The highest BCUT2D eigenvalue weighted by Crippen LogP contribution is 1.94. The molecule has 1 aromatic rings. The smallest absolute Gasteiger partial charge is 0.170 e. The monoisotopic (exact) mass is 170 g/mol. The molecule has 0 aromatic heterocycles. The normalized spacial score (nSPS) is 9.08. The third-order valence-corrected chi connectivity index (χ3v) is 1.31. The summed E-state index contributed by atoms with van der Waals surface area (Å²) >= 11 is 0. The van der Waals surface area contributed by atoms with Crippen LogP contribution in [-0.2, 0) is 0 Å². The van der Waals surface area contributed by atoms with Gasteiger partial charge in [0.15, 0.2) is 0 Å². The molecule has 1 aromatic carbocycles. The molecule has 0 unspecified atom stereocenters. The number of rotatable bonds is 2. The predicted octanol–water partition coefficient (Wildman–Crippen LogP) is 1.28. The van der Waals surface area contributed by atoms with Crippen LogP contribution < -0.4 is 0 Å². The van der Waals surface area contributed by atoms with Crippen molar-refractivity contribution in [2.75, 3.05) is 0 Å². The molecular formula is C9H6N4. The topological polar surface area (TPSA) is 63.2 Å². The SMILES string of the molecule is N#CN(C#N)N=Cc1ccccc1. The number of hydrogen-bond acceptors (Lipinski definition) is 4. The summed E-state index contributed by atoms with van der Waals surface area (Å²) in [7, 11) is 0. The molecule has 0 spiro atoms. The van der Waals surface area contributed by atoms with Crippen LogP contribution in [-0.4, -0.2) is 11.2 Å². The van der Waals surface area contributed by atoms with Gasteiger partial charge in [0.1, 0.15) is 0 Å². The maximum atomic E-state index is 8.34. The summed E-state index contributed by atoms with van der Waals surface area (Å²) in [5.74, 6) is 0. The van der Waals surface area contributed by atoms with E-state index in [1.54, 1.807) is 12.4 Å². The first-order valence-corrected chi connectivity index (χ1v) is 3.55. The molecule has 62 valence electrons. The van der Waals surface area contributed by atoms with Gasteiger partial charge in [0.2, 0.25) is 12.4 Å². The first-order valence-electron chi connectivity index (χ1n) is 3.55. The average Bonchev–Trinajstić information content (AvgIpc) is 2.21. The van der Waals surface area contributed by atoms with Gasteiger partial charge in [0.05, 0.1) is 6.21 Å². The van der Waals surface area contributed by atoms with Gasteiger partial charge >= 0.3 is 0 Å². The summed E-state index contributed by atoms with van der Waals surface area (Å²) in [6.07, 6.45) is 4.64. The van der Waals surface area contributed by atoms with Crippen LogP contribution in [0.5, 0.6) is 0 Å². The van der Waals surface area contributed by atoms with Crippen LogP contribution in [0.15, 0.2) is 35.4 Å². The van der Waals surface area contributed by atoms with E-state index < -0.39 is 0 Å². The van der Waals surface area contributed by atoms with E-state index in [0.717, 1.165) is 5.56 Å². The van der Waals surface area contributed by atoms with Crippen LogP contribution >= 0.6 is 0 Å². The van der Waals surface area contributed by atoms with Crippen molar-refractivity contribution < 1.29 is 0 Å². The zero-order valence-electron chi connectivity index (χ0n) is 6.75. The van der Waals surface area contributed by atoms with Gasteiger partial charge in [-0.3, -0.25) is 0 Å². The minimum Gasteiger partial charge on any atom is -0.170 e. The molecule has 0 N–H and O–H groups in total. The van der Waals surface area contributed by atoms with E-state index in [9.17, 15) is 0 Å². The molecular weight excluding hydrogens is 164 g/mol. The van der Waals surface area contributed by atoms with Crippen molar-refractivity contribution in [3.05, 3.63) is 35.9 Å². The Hall–Kier alpha value is -2.33. The van der Waals surface area contributed by atoms with Gasteiger partial charge in [-0.1, -0.05) is 35.3 Å². The number of benzene rings is 1. The first-order chi connectivity index (χ1) is 6.36. The van der Waals surface area contributed by atoms with E-state index in [2.05, 4.69) is 5.10 Å². The number of nitrogens with zero attached hydrogens (tertiary/aromatic N) is 4. The molecule has 0 saturated heterocycles. The molecule has 0 radical (unpaired) electrons. The van der Waals surface area contributed by atoms with Crippen LogP contribution in [0.4, 0.5) is 0 Å². The Morgan fingerprint density at radius 1 is 1.15 bits per heavy atom. The second-order valence-electron chi connectivity index (χ2n) is 2.17. The lowest BCUT2D eigenvalue weighted by molar-refractivity contribution is 0.590. The Morgan fingerprint density at radius 3 is 2.31 bits per heavy atom. The lowest BCUT2D eigenvalue weighted by Gasteiger charge is -1.93. The quantitative estimate of drug-likeness (QED) is 0.290. The second kappa shape index (κ2) is 4.53. The fourth-order valence-electron chi connectivity index (χ4n) is 0.738. The van der Waals surface area contributed by atoms with Crippen molar-refractivity contribution in [2.45, 2.75) is 0 Å². The van der Waals surface area contributed by atoms with E-state index in [1.807, 2.05) is 30.3 Å². The van der Waals surface area contributed by atoms with E-state index in [1.165, 1.54) is 6.21 Å². The van der Waals surface area contributed by atoms with Crippen molar-refractivity contribution in [3.63, 3.8) is 0 Å². The summed E-state index contributed by atoms with van der Waals surface area (Å²) in [4.78, 5) is 0. The van der Waals surface area contributed by atoms with Crippen LogP contribution in [0.2, 0.25) is 0 Å². The fraction of sp³-hybridized carbons (Fsp3) is 0. The molecule has 0 aliphatic carbocycles. The standard InChI is InChI=1S/C9H6N4/c10-7-13(8-11)12-6-9-4-2-1-3-5-9/h1-6H. The molecule has 0 aliphatic rings. The minimum atomic E-state index is 0.632. The molecule has 0 aliphatic heterocycles. The third kappa shape index (κ3) is 2.64. The molecule has 0 saturated carbocycles. The lowest BCUT2D eigenvalue weighted by atomic mass is 10.2. The van der Waals surface area contributed by atoms with Crippen molar-refractivity contribution in [2.24, 2.45) is 5.10 Å². The highest BCUT2D eigenvalue weighted by atomic mass is 15.4. The second-order valence-corrected chi connectivity index (χ2v) is 2.17. The highest BCUT2D eigenvalue weighted by molar-refractivity contribution is 5.79. The van der Waals surface area contributed by atoms with Gasteiger partial charge in [0, 0.05) is 0 Å². The molecule has 0 amide bonds. The van der Waals surface area contributed by atoms with Gasteiger partial charge in [-0.25, -0.2) is 0 Å². The van der Waals surface area contributed by atoms with E-state index in [4.69, 9.17) is 10.5 Å².